The molecule has 0 heterocycles. The predicted octanol–water partition coefficient (Wildman–Crippen LogP) is 1.25. The second-order valence-electron chi connectivity index (χ2n) is 3.28. The average Bonchev–Trinajstić information content (AvgIpc) is 2.35. The summed E-state index contributed by atoms with van der Waals surface area (Å²) in [6.45, 7) is 2.50. The molecule has 0 aromatic heterocycles. The molecular formula is C13H16N2O2. The summed E-state index contributed by atoms with van der Waals surface area (Å²) in [6, 6.07) is 7.28. The van der Waals surface area contributed by atoms with Crippen molar-refractivity contribution in [2.45, 2.75) is 6.92 Å². The van der Waals surface area contributed by atoms with Crippen LogP contribution in [0.3, 0.4) is 0 Å². The molecule has 0 spiro atoms. The Morgan fingerprint density at radius 1 is 1.41 bits per heavy atom. The van der Waals surface area contributed by atoms with E-state index in [-0.39, 0.29) is 12.5 Å². The smallest absolute Gasteiger partial charge is 0.238 e. The molecule has 1 amide bonds. The third-order valence-electron chi connectivity index (χ3n) is 2.06. The van der Waals surface area contributed by atoms with Crippen molar-refractivity contribution in [3.63, 3.8) is 0 Å². The van der Waals surface area contributed by atoms with E-state index < -0.39 is 0 Å². The van der Waals surface area contributed by atoms with E-state index in [0.717, 1.165) is 0 Å². The van der Waals surface area contributed by atoms with Crippen molar-refractivity contribution in [3.05, 3.63) is 24.3 Å². The Kier molecular flexibility index (Phi) is 5.62. The molecule has 1 aromatic carbocycles. The van der Waals surface area contributed by atoms with E-state index in [4.69, 9.17) is 4.74 Å². The van der Waals surface area contributed by atoms with Gasteiger partial charge in [-0.1, -0.05) is 18.1 Å². The predicted molar refractivity (Wildman–Crippen MR) is 67.9 cm³/mol. The van der Waals surface area contributed by atoms with Crippen LogP contribution in [0.2, 0.25) is 0 Å². The average molecular weight is 232 g/mol. The fourth-order valence-corrected chi connectivity index (χ4v) is 1.27. The standard InChI is InChI=1S/C13H16N2O2/c1-3-4-9-14-10-13(16)15-11-7-5-6-8-12(11)17-2/h5-8,14H,9-10H2,1-2H3,(H,15,16). The minimum Gasteiger partial charge on any atom is -0.495 e. The monoisotopic (exact) mass is 232 g/mol. The number of ether oxygens (including phenoxy) is 1. The first-order chi connectivity index (χ1) is 8.27. The number of amides is 1. The molecule has 1 rings (SSSR count). The second-order valence-corrected chi connectivity index (χ2v) is 3.28. The van der Waals surface area contributed by atoms with Gasteiger partial charge in [0, 0.05) is 0 Å². The molecule has 4 nitrogen and oxygen atoms in total. The molecular weight excluding hydrogens is 216 g/mol. The number of benzene rings is 1. The molecule has 0 radical (unpaired) electrons. The van der Waals surface area contributed by atoms with Crippen LogP contribution in [0, 0.1) is 11.8 Å². The van der Waals surface area contributed by atoms with Crippen LogP contribution in [0.4, 0.5) is 5.69 Å². The van der Waals surface area contributed by atoms with Crippen LogP contribution < -0.4 is 15.4 Å². The lowest BCUT2D eigenvalue weighted by Crippen LogP contribution is -2.28. The van der Waals surface area contributed by atoms with Gasteiger partial charge in [0.1, 0.15) is 5.75 Å². The number of hydrogen-bond donors (Lipinski definition) is 2. The summed E-state index contributed by atoms with van der Waals surface area (Å²) in [5.41, 5.74) is 0.670. The van der Waals surface area contributed by atoms with E-state index in [9.17, 15) is 4.79 Å². The van der Waals surface area contributed by atoms with E-state index in [2.05, 4.69) is 22.5 Å². The fraction of sp³-hybridized carbons (Fsp3) is 0.308. The lowest BCUT2D eigenvalue weighted by atomic mass is 10.3. The van der Waals surface area contributed by atoms with Gasteiger partial charge in [0.2, 0.25) is 5.91 Å². The van der Waals surface area contributed by atoms with Crippen molar-refractivity contribution < 1.29 is 9.53 Å². The van der Waals surface area contributed by atoms with Crippen LogP contribution in [0.1, 0.15) is 6.92 Å². The molecule has 0 atom stereocenters. The molecule has 0 saturated carbocycles. The largest absolute Gasteiger partial charge is 0.495 e. The maximum absolute atomic E-state index is 11.6. The number of carbonyl (C=O) groups is 1. The minimum absolute atomic E-state index is 0.118. The second kappa shape index (κ2) is 7.31. The summed E-state index contributed by atoms with van der Waals surface area (Å²) in [7, 11) is 1.57. The Morgan fingerprint density at radius 3 is 2.88 bits per heavy atom. The Balaban J connectivity index is 2.46. The van der Waals surface area contributed by atoms with E-state index in [0.29, 0.717) is 18.0 Å². The fourth-order valence-electron chi connectivity index (χ4n) is 1.27. The number of methoxy groups -OCH3 is 1. The lowest BCUT2D eigenvalue weighted by Gasteiger charge is -2.09. The maximum atomic E-state index is 11.6. The van der Waals surface area contributed by atoms with Gasteiger partial charge in [-0.25, -0.2) is 0 Å². The summed E-state index contributed by atoms with van der Waals surface area (Å²) in [5.74, 6) is 6.10. The van der Waals surface area contributed by atoms with E-state index in [1.54, 1.807) is 26.2 Å². The van der Waals surface area contributed by atoms with E-state index >= 15 is 0 Å². The van der Waals surface area contributed by atoms with Crippen LogP contribution in [0.15, 0.2) is 24.3 Å². The van der Waals surface area contributed by atoms with Gasteiger partial charge in [-0.15, -0.1) is 5.92 Å². The molecule has 0 aliphatic carbocycles. The molecule has 2 N–H and O–H groups in total. The highest BCUT2D eigenvalue weighted by molar-refractivity contribution is 5.93. The first-order valence-electron chi connectivity index (χ1n) is 5.31. The summed E-state index contributed by atoms with van der Waals surface area (Å²) >= 11 is 0. The Labute approximate surface area is 101 Å². The third-order valence-corrected chi connectivity index (χ3v) is 2.06. The number of anilines is 1. The number of para-hydroxylation sites is 2. The van der Waals surface area contributed by atoms with E-state index in [1.165, 1.54) is 0 Å². The van der Waals surface area contributed by atoms with Crippen LogP contribution in [0.25, 0.3) is 0 Å². The van der Waals surface area contributed by atoms with Gasteiger partial charge in [0.05, 0.1) is 25.9 Å². The highest BCUT2D eigenvalue weighted by Gasteiger charge is 2.05. The topological polar surface area (TPSA) is 50.4 Å². The van der Waals surface area contributed by atoms with Gasteiger partial charge in [-0.3, -0.25) is 10.1 Å². The summed E-state index contributed by atoms with van der Waals surface area (Å²) in [4.78, 5) is 11.6. The van der Waals surface area contributed by atoms with Crippen molar-refractivity contribution in [2.75, 3.05) is 25.5 Å². The first-order valence-corrected chi connectivity index (χ1v) is 5.31. The van der Waals surface area contributed by atoms with Crippen molar-refractivity contribution in [2.24, 2.45) is 0 Å². The normalized spacial score (nSPS) is 9.06. The Bertz CT molecular complexity index is 433. The van der Waals surface area contributed by atoms with Gasteiger partial charge in [0.15, 0.2) is 0 Å². The molecule has 17 heavy (non-hydrogen) atoms. The maximum Gasteiger partial charge on any atom is 0.238 e. The first kappa shape index (κ1) is 13.1. The molecule has 1 aromatic rings. The Hall–Kier alpha value is -1.99. The zero-order valence-electron chi connectivity index (χ0n) is 10.0. The summed E-state index contributed by atoms with van der Waals surface area (Å²) in [5, 5.41) is 5.68. The highest BCUT2D eigenvalue weighted by atomic mass is 16.5. The van der Waals surface area contributed by atoms with Gasteiger partial charge in [-0.05, 0) is 19.1 Å². The van der Waals surface area contributed by atoms with Gasteiger partial charge in [0.25, 0.3) is 0 Å². The zero-order valence-corrected chi connectivity index (χ0v) is 10.0. The van der Waals surface area contributed by atoms with E-state index in [1.807, 2.05) is 12.1 Å². The zero-order chi connectivity index (χ0) is 12.5. The Morgan fingerprint density at radius 2 is 2.18 bits per heavy atom. The van der Waals surface area contributed by atoms with Crippen LogP contribution >= 0.6 is 0 Å². The van der Waals surface area contributed by atoms with Crippen molar-refractivity contribution in [3.8, 4) is 17.6 Å². The molecule has 90 valence electrons. The quantitative estimate of drug-likeness (QED) is 0.593. The number of carbonyl (C=O) groups excluding carboxylic acids is 1. The van der Waals surface area contributed by atoms with Crippen molar-refractivity contribution in [1.29, 1.82) is 0 Å². The number of nitrogens with one attached hydrogen (secondary N) is 2. The molecule has 0 unspecified atom stereocenters. The van der Waals surface area contributed by atoms with Crippen molar-refractivity contribution >= 4 is 11.6 Å². The number of hydrogen-bond acceptors (Lipinski definition) is 3. The van der Waals surface area contributed by atoms with Gasteiger partial charge in [-0.2, -0.15) is 0 Å². The molecule has 4 heteroatoms. The van der Waals surface area contributed by atoms with Crippen LogP contribution in [-0.4, -0.2) is 26.1 Å². The van der Waals surface area contributed by atoms with Crippen LogP contribution in [0.5, 0.6) is 5.75 Å². The molecule has 0 aliphatic rings. The SMILES string of the molecule is CC#CCNCC(=O)Nc1ccccc1OC. The van der Waals surface area contributed by atoms with Gasteiger partial charge >= 0.3 is 0 Å². The molecule has 0 bridgehead atoms. The highest BCUT2D eigenvalue weighted by Crippen LogP contribution is 2.22. The summed E-state index contributed by atoms with van der Waals surface area (Å²) in [6.07, 6.45) is 0. The molecule has 0 aliphatic heterocycles. The number of rotatable bonds is 5. The third kappa shape index (κ3) is 4.58. The van der Waals surface area contributed by atoms with Gasteiger partial charge < -0.3 is 10.1 Å². The molecule has 0 fully saturated rings. The minimum atomic E-state index is -0.118. The van der Waals surface area contributed by atoms with Crippen molar-refractivity contribution in [1.82, 2.24) is 5.32 Å². The summed E-state index contributed by atoms with van der Waals surface area (Å²) < 4.78 is 5.13. The molecule has 0 saturated heterocycles. The lowest BCUT2D eigenvalue weighted by molar-refractivity contribution is -0.115. The van der Waals surface area contributed by atoms with Crippen LogP contribution in [-0.2, 0) is 4.79 Å².